The van der Waals surface area contributed by atoms with Gasteiger partial charge in [-0.2, -0.15) is 0 Å². The van der Waals surface area contributed by atoms with Crippen molar-refractivity contribution in [3.63, 3.8) is 0 Å². The molecule has 2 heterocycles. The standard InChI is InChI=1S/C16H20N4O2/c1-2-15(21)19-12-5-7-20(8-6-12)16(22)11-3-4-13-14(9-11)18-10-17-13/h3-4,9-10,12H,2,5-8H2,1H3,(H,17,18)(H,19,21). The number of nitrogens with zero attached hydrogens (tertiary/aromatic N) is 2. The van der Waals surface area contributed by atoms with Crippen molar-refractivity contribution in [3.05, 3.63) is 30.1 Å². The van der Waals surface area contributed by atoms with E-state index in [1.807, 2.05) is 30.0 Å². The van der Waals surface area contributed by atoms with Gasteiger partial charge >= 0.3 is 0 Å². The zero-order chi connectivity index (χ0) is 15.5. The zero-order valence-corrected chi connectivity index (χ0v) is 12.6. The average molecular weight is 300 g/mol. The zero-order valence-electron chi connectivity index (χ0n) is 12.6. The van der Waals surface area contributed by atoms with E-state index in [4.69, 9.17) is 0 Å². The second kappa shape index (κ2) is 6.17. The van der Waals surface area contributed by atoms with E-state index < -0.39 is 0 Å². The number of piperidine rings is 1. The van der Waals surface area contributed by atoms with Crippen LogP contribution >= 0.6 is 0 Å². The maximum absolute atomic E-state index is 12.6. The van der Waals surface area contributed by atoms with Gasteiger partial charge in [0.25, 0.3) is 5.91 Å². The van der Waals surface area contributed by atoms with E-state index in [0.29, 0.717) is 25.1 Å². The number of rotatable bonds is 3. The third kappa shape index (κ3) is 2.95. The second-order valence-electron chi connectivity index (χ2n) is 5.62. The molecule has 3 rings (SSSR count). The molecule has 2 amide bonds. The summed E-state index contributed by atoms with van der Waals surface area (Å²) in [5.74, 6) is 0.117. The maximum atomic E-state index is 12.6. The van der Waals surface area contributed by atoms with Crippen LogP contribution in [0.4, 0.5) is 0 Å². The molecule has 2 N–H and O–H groups in total. The fraction of sp³-hybridized carbons (Fsp3) is 0.438. The maximum Gasteiger partial charge on any atom is 0.253 e. The number of nitrogens with one attached hydrogen (secondary N) is 2. The summed E-state index contributed by atoms with van der Waals surface area (Å²) in [5, 5.41) is 3.00. The smallest absolute Gasteiger partial charge is 0.253 e. The minimum absolute atomic E-state index is 0.0387. The molecule has 0 aliphatic carbocycles. The monoisotopic (exact) mass is 300 g/mol. The lowest BCUT2D eigenvalue weighted by atomic mass is 10.0. The number of carbonyl (C=O) groups is 2. The number of hydrogen-bond acceptors (Lipinski definition) is 3. The molecule has 1 aromatic carbocycles. The number of likely N-dealkylation sites (tertiary alicyclic amines) is 1. The lowest BCUT2D eigenvalue weighted by Crippen LogP contribution is -2.46. The topological polar surface area (TPSA) is 78.1 Å². The first-order valence-electron chi connectivity index (χ1n) is 7.69. The normalized spacial score (nSPS) is 16.0. The van der Waals surface area contributed by atoms with Crippen molar-refractivity contribution in [1.29, 1.82) is 0 Å². The summed E-state index contributed by atoms with van der Waals surface area (Å²) in [7, 11) is 0. The number of amides is 2. The van der Waals surface area contributed by atoms with Crippen molar-refractivity contribution in [2.45, 2.75) is 32.2 Å². The summed E-state index contributed by atoms with van der Waals surface area (Å²) in [5.41, 5.74) is 2.40. The molecule has 0 bridgehead atoms. The highest BCUT2D eigenvalue weighted by Gasteiger charge is 2.24. The van der Waals surface area contributed by atoms with E-state index >= 15 is 0 Å². The molecule has 2 aromatic rings. The van der Waals surface area contributed by atoms with Crippen LogP contribution in [0.25, 0.3) is 11.0 Å². The Labute approximate surface area is 128 Å². The number of imidazole rings is 1. The van der Waals surface area contributed by atoms with Crippen LogP contribution in [-0.2, 0) is 4.79 Å². The highest BCUT2D eigenvalue weighted by atomic mass is 16.2. The molecule has 6 nitrogen and oxygen atoms in total. The molecule has 1 aliphatic heterocycles. The van der Waals surface area contributed by atoms with Gasteiger partial charge in [0.1, 0.15) is 0 Å². The van der Waals surface area contributed by atoms with Gasteiger partial charge in [0.2, 0.25) is 5.91 Å². The summed E-state index contributed by atoms with van der Waals surface area (Å²) < 4.78 is 0. The van der Waals surface area contributed by atoms with E-state index in [1.165, 1.54) is 0 Å². The lowest BCUT2D eigenvalue weighted by Gasteiger charge is -2.32. The first-order valence-corrected chi connectivity index (χ1v) is 7.69. The number of hydrogen-bond donors (Lipinski definition) is 2. The highest BCUT2D eigenvalue weighted by molar-refractivity contribution is 5.97. The van der Waals surface area contributed by atoms with Crippen molar-refractivity contribution >= 4 is 22.8 Å². The Bertz CT molecular complexity index is 686. The summed E-state index contributed by atoms with van der Waals surface area (Å²) >= 11 is 0. The van der Waals surface area contributed by atoms with Crippen LogP contribution in [0, 0.1) is 0 Å². The van der Waals surface area contributed by atoms with Gasteiger partial charge in [-0.05, 0) is 31.0 Å². The average Bonchev–Trinajstić information content (AvgIpc) is 3.02. The minimum Gasteiger partial charge on any atom is -0.353 e. The first kappa shape index (κ1) is 14.6. The first-order chi connectivity index (χ1) is 10.7. The Morgan fingerprint density at radius 3 is 2.86 bits per heavy atom. The predicted octanol–water partition coefficient (Wildman–Crippen LogP) is 1.69. The van der Waals surface area contributed by atoms with Crippen molar-refractivity contribution in [2.24, 2.45) is 0 Å². The van der Waals surface area contributed by atoms with Crippen molar-refractivity contribution in [2.75, 3.05) is 13.1 Å². The van der Waals surface area contributed by atoms with E-state index in [9.17, 15) is 9.59 Å². The van der Waals surface area contributed by atoms with Gasteiger partial charge < -0.3 is 15.2 Å². The van der Waals surface area contributed by atoms with Crippen LogP contribution in [-0.4, -0.2) is 45.8 Å². The highest BCUT2D eigenvalue weighted by Crippen LogP contribution is 2.17. The van der Waals surface area contributed by atoms with Crippen LogP contribution in [0.15, 0.2) is 24.5 Å². The molecule has 116 valence electrons. The Morgan fingerprint density at radius 1 is 1.36 bits per heavy atom. The Balaban J connectivity index is 1.63. The van der Waals surface area contributed by atoms with Crippen molar-refractivity contribution in [3.8, 4) is 0 Å². The second-order valence-corrected chi connectivity index (χ2v) is 5.62. The number of fused-ring (bicyclic) bond motifs is 1. The van der Waals surface area contributed by atoms with E-state index in [0.717, 1.165) is 23.9 Å². The molecule has 0 spiro atoms. The molecule has 1 saturated heterocycles. The molecule has 0 unspecified atom stereocenters. The Morgan fingerprint density at radius 2 is 2.14 bits per heavy atom. The quantitative estimate of drug-likeness (QED) is 0.905. The molecule has 0 radical (unpaired) electrons. The molecule has 1 fully saturated rings. The molecule has 6 heteroatoms. The van der Waals surface area contributed by atoms with E-state index in [1.54, 1.807) is 6.33 Å². The minimum atomic E-state index is 0.0387. The van der Waals surface area contributed by atoms with Crippen LogP contribution in [0.1, 0.15) is 36.5 Å². The van der Waals surface area contributed by atoms with Gasteiger partial charge in [0.15, 0.2) is 0 Å². The van der Waals surface area contributed by atoms with Gasteiger partial charge in [0.05, 0.1) is 17.4 Å². The molecule has 1 aromatic heterocycles. The van der Waals surface area contributed by atoms with Gasteiger partial charge in [0, 0.05) is 31.1 Å². The van der Waals surface area contributed by atoms with Gasteiger partial charge in [-0.1, -0.05) is 6.92 Å². The predicted molar refractivity (Wildman–Crippen MR) is 83.5 cm³/mol. The lowest BCUT2D eigenvalue weighted by molar-refractivity contribution is -0.121. The Hall–Kier alpha value is -2.37. The fourth-order valence-electron chi connectivity index (χ4n) is 2.81. The summed E-state index contributed by atoms with van der Waals surface area (Å²) in [6.45, 7) is 3.20. The number of benzene rings is 1. The number of H-pyrrole nitrogens is 1. The molecule has 1 aliphatic rings. The van der Waals surface area contributed by atoms with Crippen LogP contribution < -0.4 is 5.32 Å². The third-order valence-electron chi connectivity index (χ3n) is 4.14. The fourth-order valence-corrected chi connectivity index (χ4v) is 2.81. The summed E-state index contributed by atoms with van der Waals surface area (Å²) in [4.78, 5) is 33.0. The largest absolute Gasteiger partial charge is 0.353 e. The van der Waals surface area contributed by atoms with Crippen LogP contribution in [0.5, 0.6) is 0 Å². The molecule has 22 heavy (non-hydrogen) atoms. The van der Waals surface area contributed by atoms with Crippen molar-refractivity contribution in [1.82, 2.24) is 20.2 Å². The third-order valence-corrected chi connectivity index (χ3v) is 4.14. The van der Waals surface area contributed by atoms with E-state index in [2.05, 4.69) is 15.3 Å². The molecular weight excluding hydrogens is 280 g/mol. The molecular formula is C16H20N4O2. The number of carbonyl (C=O) groups excluding carboxylic acids is 2. The van der Waals surface area contributed by atoms with Gasteiger partial charge in [-0.25, -0.2) is 4.98 Å². The SMILES string of the molecule is CCC(=O)NC1CCN(C(=O)c2ccc3nc[nH]c3c2)CC1. The molecule has 0 atom stereocenters. The van der Waals surface area contributed by atoms with Crippen LogP contribution in [0.3, 0.4) is 0 Å². The van der Waals surface area contributed by atoms with Crippen molar-refractivity contribution < 1.29 is 9.59 Å². The number of aromatic nitrogens is 2. The Kier molecular flexibility index (Phi) is 4.09. The number of aromatic amines is 1. The summed E-state index contributed by atoms with van der Waals surface area (Å²) in [6.07, 6.45) is 3.75. The molecule has 0 saturated carbocycles. The van der Waals surface area contributed by atoms with E-state index in [-0.39, 0.29) is 17.9 Å². The van der Waals surface area contributed by atoms with Crippen LogP contribution in [0.2, 0.25) is 0 Å². The van der Waals surface area contributed by atoms with Gasteiger partial charge in [-0.3, -0.25) is 9.59 Å². The summed E-state index contributed by atoms with van der Waals surface area (Å²) in [6, 6.07) is 5.70. The van der Waals surface area contributed by atoms with Gasteiger partial charge in [-0.15, -0.1) is 0 Å².